The van der Waals surface area contributed by atoms with Crippen LogP contribution in [0.1, 0.15) is 22.2 Å². The molecule has 1 aliphatic heterocycles. The summed E-state index contributed by atoms with van der Waals surface area (Å²) in [7, 11) is 1.87. The molecule has 120 valence electrons. The Hall–Kier alpha value is -2.46. The summed E-state index contributed by atoms with van der Waals surface area (Å²) in [6, 6.07) is 0. The van der Waals surface area contributed by atoms with E-state index in [1.165, 1.54) is 22.2 Å². The number of carboxylic acids is 1. The Morgan fingerprint density at radius 2 is 2.39 bits per heavy atom. The van der Waals surface area contributed by atoms with Gasteiger partial charge in [-0.2, -0.15) is 5.10 Å². The lowest BCUT2D eigenvalue weighted by atomic mass is 10.2. The molecule has 0 radical (unpaired) electrons. The van der Waals surface area contributed by atoms with E-state index in [0.29, 0.717) is 24.5 Å². The van der Waals surface area contributed by atoms with Crippen LogP contribution < -0.4 is 4.90 Å². The van der Waals surface area contributed by atoms with Gasteiger partial charge in [0.05, 0.1) is 19.3 Å². The number of anilines is 1. The van der Waals surface area contributed by atoms with Crippen molar-refractivity contribution in [2.75, 3.05) is 24.6 Å². The quantitative estimate of drug-likeness (QED) is 0.756. The van der Waals surface area contributed by atoms with Crippen LogP contribution in [0.15, 0.2) is 18.7 Å². The van der Waals surface area contributed by atoms with Gasteiger partial charge in [0.1, 0.15) is 12.4 Å². The maximum Gasteiger partial charge on any atom is 0.357 e. The summed E-state index contributed by atoms with van der Waals surface area (Å²) >= 11 is 1.33. The van der Waals surface area contributed by atoms with Crippen molar-refractivity contribution < 1.29 is 14.6 Å². The van der Waals surface area contributed by atoms with Crippen LogP contribution in [-0.2, 0) is 11.8 Å². The van der Waals surface area contributed by atoms with E-state index in [1.807, 2.05) is 13.2 Å². The van der Waals surface area contributed by atoms with Crippen LogP contribution in [0, 0.1) is 0 Å². The average molecular weight is 334 g/mol. The highest BCUT2D eigenvalue weighted by molar-refractivity contribution is 7.21. The standard InChI is InChI=1S/C13H14N6O3S/c1-17-5-8(4-15-17)9-6-18(2-3-22-9)13-16-19-7-14-10(12(20)21)11(19)23-13/h4-5,7,9H,2-3,6H2,1H3,(H,20,21). The monoisotopic (exact) mass is 334 g/mol. The van der Waals surface area contributed by atoms with E-state index in [1.54, 1.807) is 10.9 Å². The van der Waals surface area contributed by atoms with Gasteiger partial charge < -0.3 is 14.7 Å². The molecule has 1 unspecified atom stereocenters. The zero-order chi connectivity index (χ0) is 16.0. The van der Waals surface area contributed by atoms with E-state index in [4.69, 9.17) is 9.84 Å². The first-order valence-corrected chi connectivity index (χ1v) is 7.86. The van der Waals surface area contributed by atoms with Gasteiger partial charge in [0.15, 0.2) is 10.5 Å². The van der Waals surface area contributed by atoms with Crippen molar-refractivity contribution in [3.63, 3.8) is 0 Å². The van der Waals surface area contributed by atoms with E-state index in [-0.39, 0.29) is 11.8 Å². The van der Waals surface area contributed by atoms with Crippen molar-refractivity contribution in [2.24, 2.45) is 7.05 Å². The largest absolute Gasteiger partial charge is 0.476 e. The first-order valence-electron chi connectivity index (χ1n) is 7.04. The third kappa shape index (κ3) is 2.45. The first-order chi connectivity index (χ1) is 11.1. The van der Waals surface area contributed by atoms with Crippen LogP contribution in [0.4, 0.5) is 5.13 Å². The van der Waals surface area contributed by atoms with Crippen LogP contribution >= 0.6 is 11.3 Å². The lowest BCUT2D eigenvalue weighted by Crippen LogP contribution is -2.38. The SMILES string of the molecule is Cn1cc(C2CN(c3nn4cnc(C(=O)O)c4s3)CCO2)cn1. The van der Waals surface area contributed by atoms with Gasteiger partial charge >= 0.3 is 5.97 Å². The van der Waals surface area contributed by atoms with E-state index in [2.05, 4.69) is 20.1 Å². The van der Waals surface area contributed by atoms with Crippen molar-refractivity contribution in [1.82, 2.24) is 24.4 Å². The molecule has 4 heterocycles. The summed E-state index contributed by atoms with van der Waals surface area (Å²) in [6.45, 7) is 1.94. The number of hydrogen-bond acceptors (Lipinski definition) is 7. The second-order valence-electron chi connectivity index (χ2n) is 5.29. The van der Waals surface area contributed by atoms with E-state index >= 15 is 0 Å². The van der Waals surface area contributed by atoms with Crippen LogP contribution in [0.3, 0.4) is 0 Å². The summed E-state index contributed by atoms with van der Waals surface area (Å²) in [4.78, 5) is 17.7. The first kappa shape index (κ1) is 14.2. The van der Waals surface area contributed by atoms with Gasteiger partial charge in [0.25, 0.3) is 0 Å². The van der Waals surface area contributed by atoms with Crippen molar-refractivity contribution >= 4 is 27.3 Å². The number of morpholine rings is 1. The number of aryl methyl sites for hydroxylation is 1. The number of hydrogen-bond donors (Lipinski definition) is 1. The van der Waals surface area contributed by atoms with Crippen molar-refractivity contribution in [2.45, 2.75) is 6.10 Å². The highest BCUT2D eigenvalue weighted by atomic mass is 32.1. The molecular weight excluding hydrogens is 320 g/mol. The Balaban J connectivity index is 1.61. The molecule has 1 atom stereocenters. The third-order valence-electron chi connectivity index (χ3n) is 3.72. The number of ether oxygens (including phenoxy) is 1. The zero-order valence-corrected chi connectivity index (χ0v) is 13.1. The maximum atomic E-state index is 11.2. The van der Waals surface area contributed by atoms with Crippen LogP contribution in [0.25, 0.3) is 4.83 Å². The number of carbonyl (C=O) groups is 1. The van der Waals surface area contributed by atoms with Crippen molar-refractivity contribution in [3.05, 3.63) is 30.0 Å². The van der Waals surface area contributed by atoms with Crippen LogP contribution in [0.2, 0.25) is 0 Å². The highest BCUT2D eigenvalue weighted by Gasteiger charge is 2.26. The molecule has 4 rings (SSSR count). The molecule has 1 saturated heterocycles. The number of fused-ring (bicyclic) bond motifs is 1. The Labute approximate surface area is 134 Å². The van der Waals surface area contributed by atoms with Gasteiger partial charge in [-0.25, -0.2) is 14.3 Å². The van der Waals surface area contributed by atoms with Gasteiger partial charge in [-0.3, -0.25) is 4.68 Å². The predicted molar refractivity (Wildman–Crippen MR) is 81.9 cm³/mol. The molecule has 0 saturated carbocycles. The molecule has 1 fully saturated rings. The molecule has 1 aliphatic rings. The number of rotatable bonds is 3. The number of aromatic nitrogens is 5. The fraction of sp³-hybridized carbons (Fsp3) is 0.385. The Morgan fingerprint density at radius 1 is 1.52 bits per heavy atom. The molecule has 0 aliphatic carbocycles. The third-order valence-corrected chi connectivity index (χ3v) is 4.82. The second-order valence-corrected chi connectivity index (χ2v) is 6.24. The lowest BCUT2D eigenvalue weighted by Gasteiger charge is -2.31. The summed E-state index contributed by atoms with van der Waals surface area (Å²) in [5, 5.41) is 18.5. The van der Waals surface area contributed by atoms with E-state index < -0.39 is 5.97 Å². The summed E-state index contributed by atoms with van der Waals surface area (Å²) < 4.78 is 9.07. The number of carboxylic acid groups (broad SMARTS) is 1. The topological polar surface area (TPSA) is 97.8 Å². The number of nitrogens with zero attached hydrogens (tertiary/aromatic N) is 6. The normalized spacial score (nSPS) is 18.7. The summed E-state index contributed by atoms with van der Waals surface area (Å²) in [6.07, 6.45) is 5.09. The van der Waals surface area contributed by atoms with Gasteiger partial charge in [-0.05, 0) is 0 Å². The molecule has 10 heteroatoms. The fourth-order valence-corrected chi connectivity index (χ4v) is 3.61. The molecule has 23 heavy (non-hydrogen) atoms. The molecule has 1 N–H and O–H groups in total. The van der Waals surface area contributed by atoms with Crippen LogP contribution in [0.5, 0.6) is 0 Å². The molecule has 0 aromatic carbocycles. The fourth-order valence-electron chi connectivity index (χ4n) is 2.60. The minimum atomic E-state index is -1.04. The smallest absolute Gasteiger partial charge is 0.357 e. The van der Waals surface area contributed by atoms with Crippen LogP contribution in [-0.4, -0.2) is 55.2 Å². The van der Waals surface area contributed by atoms with E-state index in [0.717, 1.165) is 10.7 Å². The number of aromatic carboxylic acids is 1. The van der Waals surface area contributed by atoms with E-state index in [9.17, 15) is 4.79 Å². The Morgan fingerprint density at radius 3 is 3.13 bits per heavy atom. The maximum absolute atomic E-state index is 11.2. The lowest BCUT2D eigenvalue weighted by molar-refractivity contribution is 0.0397. The summed E-state index contributed by atoms with van der Waals surface area (Å²) in [5.41, 5.74) is 1.05. The van der Waals surface area contributed by atoms with Gasteiger partial charge in [-0.15, -0.1) is 5.10 Å². The molecule has 9 nitrogen and oxygen atoms in total. The highest BCUT2D eigenvalue weighted by Crippen LogP contribution is 2.30. The van der Waals surface area contributed by atoms with Gasteiger partial charge in [0, 0.05) is 25.4 Å². The summed E-state index contributed by atoms with van der Waals surface area (Å²) in [5.74, 6) is -1.04. The van der Waals surface area contributed by atoms with Crippen molar-refractivity contribution in [1.29, 1.82) is 0 Å². The van der Waals surface area contributed by atoms with Crippen molar-refractivity contribution in [3.8, 4) is 0 Å². The Bertz CT molecular complexity index is 868. The number of imidazole rings is 1. The predicted octanol–water partition coefficient (Wildman–Crippen LogP) is 0.800. The minimum absolute atomic E-state index is 0.0332. The molecule has 0 spiro atoms. The average Bonchev–Trinajstić information content (AvgIpc) is 3.21. The molecule has 3 aromatic heterocycles. The molecule has 0 amide bonds. The second kappa shape index (κ2) is 5.32. The van der Waals surface area contributed by atoms with Gasteiger partial charge in [-0.1, -0.05) is 11.3 Å². The zero-order valence-electron chi connectivity index (χ0n) is 12.3. The minimum Gasteiger partial charge on any atom is -0.476 e. The van der Waals surface area contributed by atoms with Gasteiger partial charge in [0.2, 0.25) is 5.13 Å². The molecule has 0 bridgehead atoms. The Kier molecular flexibility index (Phi) is 3.27. The molecule has 3 aromatic rings. The molecular formula is C13H14N6O3S.